The van der Waals surface area contributed by atoms with Gasteiger partial charge in [-0.05, 0) is 38.0 Å². The van der Waals surface area contributed by atoms with Crippen molar-refractivity contribution < 1.29 is 33.3 Å². The average molecular weight is 453 g/mol. The van der Waals surface area contributed by atoms with E-state index in [4.69, 9.17) is 18.9 Å². The average Bonchev–Trinajstić information content (AvgIpc) is 3.18. The summed E-state index contributed by atoms with van der Waals surface area (Å²) in [6.45, 7) is 3.04. The maximum absolute atomic E-state index is 12.7. The second-order valence-corrected chi connectivity index (χ2v) is 8.22. The van der Waals surface area contributed by atoms with Crippen molar-refractivity contribution in [2.24, 2.45) is 0 Å². The van der Waals surface area contributed by atoms with Gasteiger partial charge >= 0.3 is 12.1 Å². The van der Waals surface area contributed by atoms with Crippen molar-refractivity contribution >= 4 is 29.7 Å². The molecule has 0 saturated carbocycles. The van der Waals surface area contributed by atoms with Crippen molar-refractivity contribution in [3.05, 3.63) is 18.2 Å². The van der Waals surface area contributed by atoms with Crippen LogP contribution in [0.4, 0.5) is 4.79 Å². The molecule has 1 aromatic rings. The van der Waals surface area contributed by atoms with Gasteiger partial charge in [0.2, 0.25) is 5.91 Å². The minimum Gasteiger partial charge on any atom is -0.493 e. The lowest BCUT2D eigenvalue weighted by Crippen LogP contribution is -2.52. The van der Waals surface area contributed by atoms with E-state index in [-0.39, 0.29) is 25.2 Å². The van der Waals surface area contributed by atoms with E-state index < -0.39 is 18.1 Å². The summed E-state index contributed by atoms with van der Waals surface area (Å²) in [5.74, 6) is 1.15. The molecule has 2 aliphatic rings. The molecular formula is C21H28N2O7S. The molecule has 0 N–H and O–H groups in total. The van der Waals surface area contributed by atoms with E-state index in [0.717, 1.165) is 4.90 Å². The van der Waals surface area contributed by atoms with Gasteiger partial charge in [-0.1, -0.05) is 0 Å². The Morgan fingerprint density at radius 1 is 1.16 bits per heavy atom. The molecule has 3 rings (SSSR count). The van der Waals surface area contributed by atoms with Crippen LogP contribution in [-0.4, -0.2) is 86.1 Å². The summed E-state index contributed by atoms with van der Waals surface area (Å²) < 4.78 is 20.7. The summed E-state index contributed by atoms with van der Waals surface area (Å²) in [7, 11) is 3.15. The monoisotopic (exact) mass is 452 g/mol. The third-order valence-corrected chi connectivity index (χ3v) is 6.38. The zero-order valence-corrected chi connectivity index (χ0v) is 18.8. The standard InChI is InChI=1S/C21H28N2O7S/c1-4-29-20(25)16-12-30-21(26)23(16)14-7-9-22(10-8-14)19(24)13-31-15-5-6-17(27-2)18(11-15)28-3/h5-6,11,14,16H,4,7-10,12-13H2,1-3H3/t16-/m0/s1. The second-order valence-electron chi connectivity index (χ2n) is 7.17. The lowest BCUT2D eigenvalue weighted by Gasteiger charge is -2.37. The Balaban J connectivity index is 1.51. The largest absolute Gasteiger partial charge is 0.493 e. The molecule has 2 heterocycles. The van der Waals surface area contributed by atoms with E-state index in [1.54, 1.807) is 26.0 Å². The number of likely N-dealkylation sites (tertiary alicyclic amines) is 1. The van der Waals surface area contributed by atoms with Gasteiger partial charge in [0, 0.05) is 24.0 Å². The molecule has 1 aromatic carbocycles. The van der Waals surface area contributed by atoms with E-state index in [1.165, 1.54) is 16.7 Å². The summed E-state index contributed by atoms with van der Waals surface area (Å²) in [5.41, 5.74) is 0. The van der Waals surface area contributed by atoms with Gasteiger partial charge in [0.15, 0.2) is 17.5 Å². The molecule has 0 aromatic heterocycles. The van der Waals surface area contributed by atoms with E-state index >= 15 is 0 Å². The fourth-order valence-electron chi connectivity index (χ4n) is 3.79. The van der Waals surface area contributed by atoms with E-state index in [0.29, 0.717) is 43.2 Å². The molecule has 0 unspecified atom stereocenters. The van der Waals surface area contributed by atoms with Crippen molar-refractivity contribution in [1.82, 2.24) is 9.80 Å². The molecule has 0 aliphatic carbocycles. The highest BCUT2D eigenvalue weighted by Crippen LogP contribution is 2.32. The van der Waals surface area contributed by atoms with E-state index in [9.17, 15) is 14.4 Å². The molecule has 170 valence electrons. The van der Waals surface area contributed by atoms with Crippen molar-refractivity contribution in [2.75, 3.05) is 46.3 Å². The molecule has 0 radical (unpaired) electrons. The van der Waals surface area contributed by atoms with Crippen molar-refractivity contribution in [2.45, 2.75) is 36.7 Å². The number of esters is 1. The number of amides is 2. The quantitative estimate of drug-likeness (QED) is 0.438. The number of methoxy groups -OCH3 is 2. The topological polar surface area (TPSA) is 94.6 Å². The number of carbonyl (C=O) groups excluding carboxylic acids is 3. The maximum Gasteiger partial charge on any atom is 0.410 e. The molecule has 31 heavy (non-hydrogen) atoms. The summed E-state index contributed by atoms with van der Waals surface area (Å²) >= 11 is 1.43. The predicted molar refractivity (Wildman–Crippen MR) is 113 cm³/mol. The van der Waals surface area contributed by atoms with Crippen LogP contribution in [0.3, 0.4) is 0 Å². The van der Waals surface area contributed by atoms with Gasteiger partial charge in [-0.15, -0.1) is 11.8 Å². The van der Waals surface area contributed by atoms with Crippen LogP contribution in [0.15, 0.2) is 23.1 Å². The lowest BCUT2D eigenvalue weighted by molar-refractivity contribution is -0.148. The fraction of sp³-hybridized carbons (Fsp3) is 0.571. The smallest absolute Gasteiger partial charge is 0.410 e. The number of carbonyl (C=O) groups is 3. The SMILES string of the molecule is CCOC(=O)[C@@H]1COC(=O)N1C1CCN(C(=O)CSc2ccc(OC)c(OC)c2)CC1. The minimum atomic E-state index is -0.708. The molecule has 0 spiro atoms. The van der Waals surface area contributed by atoms with Gasteiger partial charge in [0.25, 0.3) is 0 Å². The number of nitrogens with zero attached hydrogens (tertiary/aromatic N) is 2. The van der Waals surface area contributed by atoms with Crippen molar-refractivity contribution in [3.8, 4) is 11.5 Å². The first kappa shape index (κ1) is 23.1. The highest BCUT2D eigenvalue weighted by Gasteiger charge is 2.44. The summed E-state index contributed by atoms with van der Waals surface area (Å²) in [4.78, 5) is 41.2. The first-order valence-electron chi connectivity index (χ1n) is 10.2. The third-order valence-electron chi connectivity index (χ3n) is 5.40. The fourth-order valence-corrected chi connectivity index (χ4v) is 4.62. The number of thioether (sulfide) groups is 1. The van der Waals surface area contributed by atoms with Crippen LogP contribution in [0.1, 0.15) is 19.8 Å². The molecule has 0 bridgehead atoms. The van der Waals surface area contributed by atoms with Crippen LogP contribution < -0.4 is 9.47 Å². The van der Waals surface area contributed by atoms with Gasteiger partial charge in [-0.25, -0.2) is 9.59 Å². The Hall–Kier alpha value is -2.62. The van der Waals surface area contributed by atoms with Crippen molar-refractivity contribution in [3.63, 3.8) is 0 Å². The van der Waals surface area contributed by atoms with Gasteiger partial charge < -0.3 is 23.8 Å². The summed E-state index contributed by atoms with van der Waals surface area (Å²) in [5, 5.41) is 0. The second kappa shape index (κ2) is 10.6. The predicted octanol–water partition coefficient (Wildman–Crippen LogP) is 2.17. The van der Waals surface area contributed by atoms with Crippen LogP contribution in [0, 0.1) is 0 Å². The lowest BCUT2D eigenvalue weighted by atomic mass is 10.0. The maximum atomic E-state index is 12.7. The molecule has 2 aliphatic heterocycles. The summed E-state index contributed by atoms with van der Waals surface area (Å²) in [6, 6.07) is 4.69. The van der Waals surface area contributed by atoms with Gasteiger partial charge in [0.05, 0.1) is 26.6 Å². The number of cyclic esters (lactones) is 1. The first-order chi connectivity index (χ1) is 15.0. The van der Waals surface area contributed by atoms with Gasteiger partial charge in [-0.3, -0.25) is 9.69 Å². The van der Waals surface area contributed by atoms with Crippen LogP contribution in [0.25, 0.3) is 0 Å². The third kappa shape index (κ3) is 5.36. The zero-order valence-electron chi connectivity index (χ0n) is 18.0. The Kier molecular flexibility index (Phi) is 7.89. The number of piperidine rings is 1. The molecule has 2 saturated heterocycles. The molecule has 1 atom stereocenters. The Labute approximate surface area is 185 Å². The van der Waals surface area contributed by atoms with Gasteiger partial charge in [0.1, 0.15) is 6.61 Å². The molecule has 9 nitrogen and oxygen atoms in total. The molecule has 2 amide bonds. The Bertz CT molecular complexity index is 811. The molecular weight excluding hydrogens is 424 g/mol. The highest BCUT2D eigenvalue weighted by atomic mass is 32.2. The van der Waals surface area contributed by atoms with Crippen molar-refractivity contribution in [1.29, 1.82) is 0 Å². The van der Waals surface area contributed by atoms with E-state index in [2.05, 4.69) is 0 Å². The van der Waals surface area contributed by atoms with Gasteiger partial charge in [-0.2, -0.15) is 0 Å². The number of benzene rings is 1. The molecule has 2 fully saturated rings. The van der Waals surface area contributed by atoms with Crippen LogP contribution >= 0.6 is 11.8 Å². The number of rotatable bonds is 8. The number of hydrogen-bond donors (Lipinski definition) is 0. The first-order valence-corrected chi connectivity index (χ1v) is 11.2. The van der Waals surface area contributed by atoms with Crippen LogP contribution in [0.2, 0.25) is 0 Å². The van der Waals surface area contributed by atoms with E-state index in [1.807, 2.05) is 18.2 Å². The number of ether oxygens (including phenoxy) is 4. The van der Waals surface area contributed by atoms with Crippen LogP contribution in [0.5, 0.6) is 11.5 Å². The van der Waals surface area contributed by atoms with Crippen LogP contribution in [-0.2, 0) is 19.1 Å². The number of hydrogen-bond acceptors (Lipinski definition) is 8. The Morgan fingerprint density at radius 3 is 2.52 bits per heavy atom. The summed E-state index contributed by atoms with van der Waals surface area (Å²) in [6.07, 6.45) is 0.696. The minimum absolute atomic E-state index is 0.0127. The Morgan fingerprint density at radius 2 is 1.87 bits per heavy atom. The highest BCUT2D eigenvalue weighted by molar-refractivity contribution is 8.00. The molecule has 10 heteroatoms. The zero-order chi connectivity index (χ0) is 22.4. The normalized spacial score (nSPS) is 19.2.